The fourth-order valence-corrected chi connectivity index (χ4v) is 4.62. The molecule has 2 aromatic heterocycles. The summed E-state index contributed by atoms with van der Waals surface area (Å²) < 4.78 is 24.7. The van der Waals surface area contributed by atoms with Crippen molar-refractivity contribution in [3.8, 4) is 28.8 Å². The van der Waals surface area contributed by atoms with Crippen LogP contribution < -0.4 is 19.8 Å². The number of aromatic nitrogens is 2. The molecule has 0 fully saturated rings. The van der Waals surface area contributed by atoms with Crippen LogP contribution in [0.1, 0.15) is 16.7 Å². The molecule has 6 rings (SSSR count). The normalized spacial score (nSPS) is 11.4. The van der Waals surface area contributed by atoms with E-state index in [0.717, 1.165) is 10.9 Å². The van der Waals surface area contributed by atoms with Crippen LogP contribution in [0.4, 0.5) is 0 Å². The number of fused-ring (bicyclic) bond motifs is 2. The zero-order valence-electron chi connectivity index (χ0n) is 22.8. The van der Waals surface area contributed by atoms with Crippen molar-refractivity contribution in [3.05, 3.63) is 118 Å². The summed E-state index contributed by atoms with van der Waals surface area (Å²) in [5.74, 6) is 2.35. The number of para-hydroxylation sites is 2. The molecule has 0 saturated heterocycles. The first-order valence-electron chi connectivity index (χ1n) is 13.0. The van der Waals surface area contributed by atoms with Crippen LogP contribution in [0.3, 0.4) is 0 Å². The van der Waals surface area contributed by atoms with Gasteiger partial charge >= 0.3 is 0 Å². The molecule has 0 aliphatic rings. The van der Waals surface area contributed by atoms with Crippen molar-refractivity contribution in [3.63, 3.8) is 0 Å². The van der Waals surface area contributed by atoms with Crippen molar-refractivity contribution < 1.29 is 18.6 Å². The van der Waals surface area contributed by atoms with E-state index in [0.29, 0.717) is 51.7 Å². The minimum Gasteiger partial charge on any atom is -0.496 e. The van der Waals surface area contributed by atoms with E-state index in [1.807, 2.05) is 73.7 Å². The fraction of sp³-hybridized carbons (Fsp3) is 0.121. The van der Waals surface area contributed by atoms with Crippen molar-refractivity contribution in [2.45, 2.75) is 13.5 Å². The predicted molar refractivity (Wildman–Crippen MR) is 159 cm³/mol. The van der Waals surface area contributed by atoms with Gasteiger partial charge in [0, 0.05) is 5.56 Å². The van der Waals surface area contributed by atoms with Gasteiger partial charge in [-0.3, -0.25) is 4.79 Å². The number of furan rings is 1. The van der Waals surface area contributed by atoms with E-state index < -0.39 is 0 Å². The Morgan fingerprint density at radius 3 is 2.44 bits per heavy atom. The van der Waals surface area contributed by atoms with Gasteiger partial charge in [0.25, 0.3) is 5.56 Å². The van der Waals surface area contributed by atoms with Gasteiger partial charge in [0.1, 0.15) is 17.9 Å². The zero-order chi connectivity index (χ0) is 28.3. The van der Waals surface area contributed by atoms with Crippen molar-refractivity contribution in [2.75, 3.05) is 14.2 Å². The third kappa shape index (κ3) is 5.03. The van der Waals surface area contributed by atoms with Gasteiger partial charge in [-0.1, -0.05) is 54.1 Å². The second kappa shape index (κ2) is 11.0. The minimum absolute atomic E-state index is 0.258. The third-order valence-corrected chi connectivity index (χ3v) is 6.76. The van der Waals surface area contributed by atoms with Gasteiger partial charge in [0.15, 0.2) is 17.3 Å². The Morgan fingerprint density at radius 1 is 0.878 bits per heavy atom. The van der Waals surface area contributed by atoms with E-state index in [-0.39, 0.29) is 11.4 Å². The Morgan fingerprint density at radius 2 is 1.63 bits per heavy atom. The zero-order valence-corrected chi connectivity index (χ0v) is 22.8. The number of rotatable bonds is 8. The molecule has 8 nitrogen and oxygen atoms in total. The Balaban J connectivity index is 1.46. The molecule has 4 aromatic carbocycles. The van der Waals surface area contributed by atoms with E-state index in [4.69, 9.17) is 23.6 Å². The first-order valence-corrected chi connectivity index (χ1v) is 13.0. The first kappa shape index (κ1) is 25.9. The molecule has 0 saturated carbocycles. The molecule has 0 unspecified atom stereocenters. The van der Waals surface area contributed by atoms with Gasteiger partial charge in [-0.2, -0.15) is 9.78 Å². The molecule has 0 atom stereocenters. The van der Waals surface area contributed by atoms with Crippen molar-refractivity contribution in [1.82, 2.24) is 9.66 Å². The average Bonchev–Trinajstić information content (AvgIpc) is 3.45. The molecule has 204 valence electrons. The Labute approximate surface area is 236 Å². The Kier molecular flexibility index (Phi) is 6.95. The highest BCUT2D eigenvalue weighted by molar-refractivity contribution is 5.89. The van der Waals surface area contributed by atoms with Crippen LogP contribution in [0.5, 0.6) is 17.2 Å². The van der Waals surface area contributed by atoms with Crippen LogP contribution in [-0.2, 0) is 6.61 Å². The monoisotopic (exact) mass is 545 g/mol. The number of nitrogens with zero attached hydrogens (tertiary/aromatic N) is 3. The molecule has 0 bridgehead atoms. The lowest BCUT2D eigenvalue weighted by molar-refractivity contribution is 0.284. The maximum Gasteiger partial charge on any atom is 0.282 e. The summed E-state index contributed by atoms with van der Waals surface area (Å²) in [5.41, 5.74) is 3.63. The Hall–Kier alpha value is -5.37. The predicted octanol–water partition coefficient (Wildman–Crippen LogP) is 6.60. The number of methoxy groups -OCH3 is 2. The molecule has 0 spiro atoms. The summed E-state index contributed by atoms with van der Waals surface area (Å²) in [6.45, 7) is 2.38. The van der Waals surface area contributed by atoms with Crippen molar-refractivity contribution in [1.29, 1.82) is 0 Å². The molecular formula is C33H27N3O5. The van der Waals surface area contributed by atoms with Crippen LogP contribution in [0.2, 0.25) is 0 Å². The van der Waals surface area contributed by atoms with E-state index in [1.54, 1.807) is 44.7 Å². The van der Waals surface area contributed by atoms with Gasteiger partial charge in [0.05, 0.1) is 36.7 Å². The maximum absolute atomic E-state index is 13.7. The van der Waals surface area contributed by atoms with Crippen LogP contribution in [-0.4, -0.2) is 30.1 Å². The second-order valence-electron chi connectivity index (χ2n) is 9.45. The number of benzene rings is 4. The van der Waals surface area contributed by atoms with Gasteiger partial charge in [-0.05, 0) is 55.0 Å². The molecule has 0 radical (unpaired) electrons. The van der Waals surface area contributed by atoms with Gasteiger partial charge in [-0.15, -0.1) is 0 Å². The van der Waals surface area contributed by atoms with Crippen LogP contribution in [0.25, 0.3) is 33.5 Å². The fourth-order valence-electron chi connectivity index (χ4n) is 4.62. The molecule has 2 heterocycles. The molecule has 41 heavy (non-hydrogen) atoms. The molecule has 0 aliphatic heterocycles. The van der Waals surface area contributed by atoms with E-state index >= 15 is 0 Å². The smallest absolute Gasteiger partial charge is 0.282 e. The molecular weight excluding hydrogens is 518 g/mol. The van der Waals surface area contributed by atoms with Gasteiger partial charge in [-0.25, -0.2) is 4.98 Å². The van der Waals surface area contributed by atoms with Crippen LogP contribution in [0.15, 0.2) is 105 Å². The van der Waals surface area contributed by atoms with Crippen LogP contribution >= 0.6 is 0 Å². The number of hydrogen-bond donors (Lipinski definition) is 0. The molecule has 0 N–H and O–H groups in total. The maximum atomic E-state index is 13.7. The summed E-state index contributed by atoms with van der Waals surface area (Å²) in [6.07, 6.45) is 1.57. The quantitative estimate of drug-likeness (QED) is 0.200. The largest absolute Gasteiger partial charge is 0.496 e. The lowest BCUT2D eigenvalue weighted by atomic mass is 10.1. The molecule has 0 amide bonds. The Bertz CT molecular complexity index is 1960. The molecule has 6 aromatic rings. The van der Waals surface area contributed by atoms with Gasteiger partial charge in [0.2, 0.25) is 5.82 Å². The highest BCUT2D eigenvalue weighted by Crippen LogP contribution is 2.34. The van der Waals surface area contributed by atoms with Crippen molar-refractivity contribution in [2.24, 2.45) is 5.10 Å². The topological polar surface area (TPSA) is 88.1 Å². The van der Waals surface area contributed by atoms with E-state index in [2.05, 4.69) is 5.10 Å². The number of aryl methyl sites for hydroxylation is 1. The summed E-state index contributed by atoms with van der Waals surface area (Å²) in [4.78, 5) is 18.5. The molecule has 8 heteroatoms. The van der Waals surface area contributed by atoms with Crippen molar-refractivity contribution >= 4 is 28.1 Å². The summed E-state index contributed by atoms with van der Waals surface area (Å²) in [7, 11) is 3.18. The van der Waals surface area contributed by atoms with Gasteiger partial charge < -0.3 is 18.6 Å². The summed E-state index contributed by atoms with van der Waals surface area (Å²) >= 11 is 0. The molecule has 0 aliphatic carbocycles. The summed E-state index contributed by atoms with van der Waals surface area (Å²) in [6, 6.07) is 28.1. The summed E-state index contributed by atoms with van der Waals surface area (Å²) in [5, 5.41) is 5.81. The number of ether oxygens (including phenoxy) is 3. The average molecular weight is 546 g/mol. The number of hydrogen-bond acceptors (Lipinski definition) is 7. The third-order valence-electron chi connectivity index (χ3n) is 6.76. The van der Waals surface area contributed by atoms with E-state index in [1.165, 1.54) is 10.2 Å². The SMILES string of the molecule is COc1cccc(C=Nn2c(-c3cc4c(OC)cccc4o3)nc3ccccc3c2=O)c1OCc1ccc(C)cc1. The minimum atomic E-state index is -0.334. The first-order chi connectivity index (χ1) is 20.1. The second-order valence-corrected chi connectivity index (χ2v) is 9.45. The standard InChI is InChI=1S/C33H27N3O5/c1-21-14-16-22(17-15-21)20-40-31-23(8-6-13-29(31)39-3)19-34-36-32(35-26-10-5-4-9-24(26)33(36)37)30-18-25-27(38-2)11-7-12-28(25)41-30/h4-19H,20H2,1-3H3. The highest BCUT2D eigenvalue weighted by atomic mass is 16.5. The van der Waals surface area contributed by atoms with E-state index in [9.17, 15) is 4.79 Å². The highest BCUT2D eigenvalue weighted by Gasteiger charge is 2.18. The lowest BCUT2D eigenvalue weighted by Gasteiger charge is -2.13. The lowest BCUT2D eigenvalue weighted by Crippen LogP contribution is -2.20. The van der Waals surface area contributed by atoms with Crippen LogP contribution in [0, 0.1) is 6.92 Å².